The third-order valence-electron chi connectivity index (χ3n) is 1.86. The summed E-state index contributed by atoms with van der Waals surface area (Å²) in [6.45, 7) is 0. The lowest BCUT2D eigenvalue weighted by Gasteiger charge is -2.00. The highest BCUT2D eigenvalue weighted by Gasteiger charge is 1.99. The molecule has 2 rings (SSSR count). The number of hydrogen-bond donors (Lipinski definition) is 0. The predicted molar refractivity (Wildman–Crippen MR) is 57.3 cm³/mol. The number of benzene rings is 1. The lowest BCUT2D eigenvalue weighted by molar-refractivity contribution is 0.585. The van der Waals surface area contributed by atoms with Gasteiger partial charge in [0.25, 0.3) is 0 Å². The zero-order valence-electron chi connectivity index (χ0n) is 7.24. The van der Waals surface area contributed by atoms with Crippen LogP contribution in [0.1, 0.15) is 0 Å². The summed E-state index contributed by atoms with van der Waals surface area (Å²) in [6, 6.07) is 12.4. The van der Waals surface area contributed by atoms with Crippen LogP contribution in [0.2, 0.25) is 0 Å². The fourth-order valence-electron chi connectivity index (χ4n) is 1.19. The molecule has 0 aliphatic heterocycles. The van der Waals surface area contributed by atoms with E-state index in [1.54, 1.807) is 12.1 Å². The Balaban J connectivity index is 2.44. The van der Waals surface area contributed by atoms with Crippen molar-refractivity contribution in [1.29, 1.82) is 0 Å². The molecule has 2 aromatic rings. The van der Waals surface area contributed by atoms with Crippen molar-refractivity contribution in [2.45, 2.75) is 0 Å². The van der Waals surface area contributed by atoms with Gasteiger partial charge in [-0.1, -0.05) is 34.1 Å². The van der Waals surface area contributed by atoms with E-state index in [2.05, 4.69) is 20.9 Å². The van der Waals surface area contributed by atoms with Crippen LogP contribution in [0.4, 0.5) is 4.39 Å². The highest BCUT2D eigenvalue weighted by Crippen LogP contribution is 2.19. The molecule has 0 amide bonds. The highest BCUT2D eigenvalue weighted by molar-refractivity contribution is 9.10. The molecule has 0 atom stereocenters. The topological polar surface area (TPSA) is 12.9 Å². The molecule has 1 nitrogen and oxygen atoms in total. The third-order valence-corrected chi connectivity index (χ3v) is 2.38. The maximum absolute atomic E-state index is 12.8. The van der Waals surface area contributed by atoms with Crippen molar-refractivity contribution in [1.82, 2.24) is 4.98 Å². The van der Waals surface area contributed by atoms with Gasteiger partial charge >= 0.3 is 0 Å². The summed E-state index contributed by atoms with van der Waals surface area (Å²) in [6.07, 6.45) is 0. The molecule has 0 aliphatic carbocycles. The zero-order chi connectivity index (χ0) is 9.97. The summed E-state index contributed by atoms with van der Waals surface area (Å²) in [5.41, 5.74) is 1.56. The molecular weight excluding hydrogens is 245 g/mol. The van der Waals surface area contributed by atoms with Crippen LogP contribution in [-0.4, -0.2) is 4.98 Å². The normalized spacial score (nSPS) is 10.1. The highest BCUT2D eigenvalue weighted by atomic mass is 79.9. The first-order valence-electron chi connectivity index (χ1n) is 4.14. The van der Waals surface area contributed by atoms with Crippen molar-refractivity contribution in [3.05, 3.63) is 52.9 Å². The monoisotopic (exact) mass is 251 g/mol. The van der Waals surface area contributed by atoms with Gasteiger partial charge < -0.3 is 0 Å². The molecule has 3 heteroatoms. The van der Waals surface area contributed by atoms with Gasteiger partial charge in [0.05, 0.1) is 5.69 Å². The van der Waals surface area contributed by atoms with Gasteiger partial charge in [-0.25, -0.2) is 4.98 Å². The Labute approximate surface area is 89.7 Å². The minimum Gasteiger partial charge on any atom is -0.220 e. The smallest absolute Gasteiger partial charge is 0.213 e. The van der Waals surface area contributed by atoms with Gasteiger partial charge in [-0.2, -0.15) is 4.39 Å². The fraction of sp³-hybridized carbons (Fsp3) is 0. The van der Waals surface area contributed by atoms with E-state index < -0.39 is 5.95 Å². The predicted octanol–water partition coefficient (Wildman–Crippen LogP) is 3.65. The van der Waals surface area contributed by atoms with E-state index in [1.807, 2.05) is 24.3 Å². The van der Waals surface area contributed by atoms with Gasteiger partial charge in [0.2, 0.25) is 5.95 Å². The van der Waals surface area contributed by atoms with Crippen LogP contribution in [0.3, 0.4) is 0 Å². The molecule has 0 saturated carbocycles. The molecule has 0 N–H and O–H groups in total. The summed E-state index contributed by atoms with van der Waals surface area (Å²) in [5.74, 6) is -0.453. The van der Waals surface area contributed by atoms with Gasteiger partial charge in [-0.3, -0.25) is 0 Å². The largest absolute Gasteiger partial charge is 0.220 e. The Morgan fingerprint density at radius 1 is 1.00 bits per heavy atom. The Kier molecular flexibility index (Phi) is 2.59. The standard InChI is InChI=1S/C11H7BrFN/c12-9-6-4-8(5-7-9)10-2-1-3-11(13)14-10/h1-7H. The number of pyridine rings is 1. The Bertz CT molecular complexity index is 439. The first-order valence-corrected chi connectivity index (χ1v) is 4.93. The Hall–Kier alpha value is -1.22. The molecule has 70 valence electrons. The molecule has 1 heterocycles. The number of halogens is 2. The van der Waals surface area contributed by atoms with Gasteiger partial charge in [0, 0.05) is 10.0 Å². The number of nitrogens with zero attached hydrogens (tertiary/aromatic N) is 1. The SMILES string of the molecule is Fc1cccc(-c2ccc(Br)cc2)n1. The van der Waals surface area contributed by atoms with E-state index in [0.717, 1.165) is 10.0 Å². The molecule has 0 aliphatic rings. The van der Waals surface area contributed by atoms with Crippen LogP contribution in [0.25, 0.3) is 11.3 Å². The summed E-state index contributed by atoms with van der Waals surface area (Å²) >= 11 is 3.34. The van der Waals surface area contributed by atoms with Gasteiger partial charge in [0.15, 0.2) is 0 Å². The maximum Gasteiger partial charge on any atom is 0.213 e. The molecule has 0 unspecified atom stereocenters. The van der Waals surface area contributed by atoms with Crippen LogP contribution in [-0.2, 0) is 0 Å². The summed E-state index contributed by atoms with van der Waals surface area (Å²) < 4.78 is 13.8. The molecule has 14 heavy (non-hydrogen) atoms. The van der Waals surface area contributed by atoms with Gasteiger partial charge in [-0.05, 0) is 24.3 Å². The third kappa shape index (κ3) is 1.99. The van der Waals surface area contributed by atoms with Crippen LogP contribution < -0.4 is 0 Å². The molecule has 0 radical (unpaired) electrons. The van der Waals surface area contributed by atoms with E-state index in [0.29, 0.717) is 5.69 Å². The lowest BCUT2D eigenvalue weighted by atomic mass is 10.1. The molecule has 1 aromatic heterocycles. The lowest BCUT2D eigenvalue weighted by Crippen LogP contribution is -1.86. The van der Waals surface area contributed by atoms with Gasteiger partial charge in [0.1, 0.15) is 0 Å². The number of hydrogen-bond acceptors (Lipinski definition) is 1. The summed E-state index contributed by atoms with van der Waals surface area (Å²) in [7, 11) is 0. The Morgan fingerprint density at radius 2 is 1.71 bits per heavy atom. The zero-order valence-corrected chi connectivity index (χ0v) is 8.83. The van der Waals surface area contributed by atoms with Crippen molar-refractivity contribution in [3.63, 3.8) is 0 Å². The van der Waals surface area contributed by atoms with Crippen LogP contribution in [0.15, 0.2) is 46.9 Å². The fourth-order valence-corrected chi connectivity index (χ4v) is 1.45. The minimum absolute atomic E-state index is 0.453. The molecular formula is C11H7BrFN. The molecule has 0 saturated heterocycles. The average molecular weight is 252 g/mol. The van der Waals surface area contributed by atoms with Crippen molar-refractivity contribution < 1.29 is 4.39 Å². The van der Waals surface area contributed by atoms with Crippen molar-refractivity contribution in [2.75, 3.05) is 0 Å². The second-order valence-corrected chi connectivity index (χ2v) is 3.77. The van der Waals surface area contributed by atoms with Crippen LogP contribution >= 0.6 is 15.9 Å². The second-order valence-electron chi connectivity index (χ2n) is 2.85. The summed E-state index contributed by atoms with van der Waals surface area (Å²) in [5, 5.41) is 0. The van der Waals surface area contributed by atoms with Gasteiger partial charge in [-0.15, -0.1) is 0 Å². The van der Waals surface area contributed by atoms with Crippen molar-refractivity contribution >= 4 is 15.9 Å². The van der Waals surface area contributed by atoms with E-state index in [9.17, 15) is 4.39 Å². The van der Waals surface area contributed by atoms with Crippen molar-refractivity contribution in [2.24, 2.45) is 0 Å². The number of aromatic nitrogens is 1. The molecule has 1 aromatic carbocycles. The quantitative estimate of drug-likeness (QED) is 0.706. The van der Waals surface area contributed by atoms with E-state index in [4.69, 9.17) is 0 Å². The molecule has 0 spiro atoms. The van der Waals surface area contributed by atoms with Crippen LogP contribution in [0, 0.1) is 5.95 Å². The molecule has 0 bridgehead atoms. The van der Waals surface area contributed by atoms with Crippen LogP contribution in [0.5, 0.6) is 0 Å². The Morgan fingerprint density at radius 3 is 2.36 bits per heavy atom. The second kappa shape index (κ2) is 3.88. The van der Waals surface area contributed by atoms with E-state index >= 15 is 0 Å². The summed E-state index contributed by atoms with van der Waals surface area (Å²) in [4.78, 5) is 3.79. The van der Waals surface area contributed by atoms with Crippen molar-refractivity contribution in [3.8, 4) is 11.3 Å². The minimum atomic E-state index is -0.453. The first-order chi connectivity index (χ1) is 6.75. The van der Waals surface area contributed by atoms with E-state index in [-0.39, 0.29) is 0 Å². The average Bonchev–Trinajstić information content (AvgIpc) is 2.19. The molecule has 0 fully saturated rings. The first kappa shape index (κ1) is 9.34. The maximum atomic E-state index is 12.8. The van der Waals surface area contributed by atoms with E-state index in [1.165, 1.54) is 6.07 Å². The number of rotatable bonds is 1.